The van der Waals surface area contributed by atoms with E-state index >= 15 is 0 Å². The first-order valence-electron chi connectivity index (χ1n) is 12.3. The van der Waals surface area contributed by atoms with E-state index in [1.165, 1.54) is 5.56 Å². The van der Waals surface area contributed by atoms with Gasteiger partial charge in [-0.05, 0) is 62.7 Å². The average Bonchev–Trinajstić information content (AvgIpc) is 3.57. The molecule has 2 amide bonds. The quantitative estimate of drug-likeness (QED) is 0.506. The number of aromatic hydroxyl groups is 1. The van der Waals surface area contributed by atoms with E-state index in [-0.39, 0.29) is 36.1 Å². The summed E-state index contributed by atoms with van der Waals surface area (Å²) < 4.78 is 5.65. The third-order valence-corrected chi connectivity index (χ3v) is 6.90. The second-order valence-corrected chi connectivity index (χ2v) is 9.44. The Hall–Kier alpha value is -3.91. The zero-order valence-corrected chi connectivity index (χ0v) is 20.3. The maximum Gasteiger partial charge on any atom is 0.257 e. The van der Waals surface area contributed by atoms with Crippen molar-refractivity contribution in [2.45, 2.75) is 32.2 Å². The molecule has 2 aliphatic heterocycles. The maximum atomic E-state index is 13.4. The van der Waals surface area contributed by atoms with Gasteiger partial charge in [0.2, 0.25) is 5.91 Å². The van der Waals surface area contributed by atoms with Crippen molar-refractivity contribution in [3.05, 3.63) is 83.8 Å². The first-order valence-corrected chi connectivity index (χ1v) is 12.3. The summed E-state index contributed by atoms with van der Waals surface area (Å²) in [6, 6.07) is 18.3. The second kappa shape index (κ2) is 10.4. The topological polar surface area (TPSA) is 98.4 Å². The Bertz CT molecular complexity index is 1240. The van der Waals surface area contributed by atoms with Gasteiger partial charge in [0.1, 0.15) is 17.6 Å². The molecular weight excluding hydrogens is 456 g/mol. The lowest BCUT2D eigenvalue weighted by molar-refractivity contribution is -0.135. The zero-order chi connectivity index (χ0) is 25.1. The van der Waals surface area contributed by atoms with Crippen molar-refractivity contribution in [3.8, 4) is 5.75 Å². The Morgan fingerprint density at radius 3 is 2.50 bits per heavy atom. The molecule has 1 fully saturated rings. The molecule has 1 saturated heterocycles. The van der Waals surface area contributed by atoms with Gasteiger partial charge in [-0.15, -0.1) is 0 Å². The van der Waals surface area contributed by atoms with E-state index in [0.717, 1.165) is 11.3 Å². The molecule has 8 heteroatoms. The van der Waals surface area contributed by atoms with E-state index < -0.39 is 0 Å². The van der Waals surface area contributed by atoms with Crippen LogP contribution < -0.4 is 5.32 Å². The highest BCUT2D eigenvalue weighted by molar-refractivity contribution is 6.03. The first kappa shape index (κ1) is 23.8. The molecule has 0 radical (unpaired) electrons. The smallest absolute Gasteiger partial charge is 0.257 e. The van der Waals surface area contributed by atoms with Crippen LogP contribution in [-0.2, 0) is 9.59 Å². The molecule has 0 aliphatic carbocycles. The van der Waals surface area contributed by atoms with E-state index in [9.17, 15) is 14.7 Å². The summed E-state index contributed by atoms with van der Waals surface area (Å²) in [6.45, 7) is 3.55. The summed E-state index contributed by atoms with van der Waals surface area (Å²) in [4.78, 5) is 28.1. The Morgan fingerprint density at radius 1 is 1.06 bits per heavy atom. The van der Waals surface area contributed by atoms with Crippen LogP contribution in [0, 0.1) is 12.8 Å². The van der Waals surface area contributed by atoms with E-state index in [4.69, 9.17) is 9.52 Å². The van der Waals surface area contributed by atoms with Crippen molar-refractivity contribution >= 4 is 23.2 Å². The molecule has 0 spiro atoms. The average molecular weight is 487 g/mol. The summed E-state index contributed by atoms with van der Waals surface area (Å²) in [6.07, 6.45) is 3.50. The fourth-order valence-electron chi connectivity index (χ4n) is 4.79. The predicted octanol–water partition coefficient (Wildman–Crippen LogP) is 4.32. The van der Waals surface area contributed by atoms with Crippen molar-refractivity contribution in [3.63, 3.8) is 0 Å². The number of aryl methyl sites for hydroxylation is 1. The molecule has 8 nitrogen and oxygen atoms in total. The lowest BCUT2D eigenvalue weighted by Gasteiger charge is -2.32. The Balaban J connectivity index is 1.21. The lowest BCUT2D eigenvalue weighted by atomic mass is 9.95. The number of para-hydroxylation sites is 2. The second-order valence-electron chi connectivity index (χ2n) is 9.44. The number of hydrazone groups is 1. The van der Waals surface area contributed by atoms with Gasteiger partial charge in [-0.2, -0.15) is 5.10 Å². The lowest BCUT2D eigenvalue weighted by Crippen LogP contribution is -2.43. The van der Waals surface area contributed by atoms with Crippen molar-refractivity contribution in [2.75, 3.05) is 25.0 Å². The predicted molar refractivity (Wildman–Crippen MR) is 137 cm³/mol. The van der Waals surface area contributed by atoms with Crippen LogP contribution in [0.15, 0.2) is 76.4 Å². The maximum absolute atomic E-state index is 13.4. The molecule has 1 aromatic heterocycles. The van der Waals surface area contributed by atoms with Gasteiger partial charge in [0.05, 0.1) is 24.2 Å². The number of nitrogens with zero attached hydrogens (tertiary/aromatic N) is 3. The van der Waals surface area contributed by atoms with Gasteiger partial charge in [-0.1, -0.05) is 42.0 Å². The number of anilines is 1. The number of phenolic OH excluding ortho intramolecular Hbond substituents is 1. The SMILES string of the molecule is Cc1ccc(C2=NN(C(=O)CN3CCC(C(=O)Nc4ccccc4O)CC3)C(c3ccco3)C2)cc1. The van der Waals surface area contributed by atoms with Gasteiger partial charge in [0.15, 0.2) is 0 Å². The van der Waals surface area contributed by atoms with Crippen molar-refractivity contribution in [1.29, 1.82) is 0 Å². The van der Waals surface area contributed by atoms with Gasteiger partial charge in [0, 0.05) is 12.3 Å². The van der Waals surface area contributed by atoms with Crippen molar-refractivity contribution < 1.29 is 19.1 Å². The van der Waals surface area contributed by atoms with Crippen molar-refractivity contribution in [2.24, 2.45) is 11.0 Å². The van der Waals surface area contributed by atoms with Crippen LogP contribution >= 0.6 is 0 Å². The highest BCUT2D eigenvalue weighted by Gasteiger charge is 2.36. The van der Waals surface area contributed by atoms with Crippen LogP contribution in [0.1, 0.15) is 42.2 Å². The number of carbonyl (C=O) groups is 2. The van der Waals surface area contributed by atoms with Crippen LogP contribution in [0.5, 0.6) is 5.75 Å². The Morgan fingerprint density at radius 2 is 1.81 bits per heavy atom. The minimum atomic E-state index is -0.273. The summed E-state index contributed by atoms with van der Waals surface area (Å²) in [5.41, 5.74) is 3.46. The fraction of sp³-hybridized carbons (Fsp3) is 0.321. The molecule has 0 bridgehead atoms. The van der Waals surface area contributed by atoms with Crippen molar-refractivity contribution in [1.82, 2.24) is 9.91 Å². The summed E-state index contributed by atoms with van der Waals surface area (Å²) in [5.74, 6) is 0.414. The highest BCUT2D eigenvalue weighted by Crippen LogP contribution is 2.33. The molecule has 3 heterocycles. The Kier molecular flexibility index (Phi) is 6.86. The van der Waals surface area contributed by atoms with Crippen LogP contribution in [0.4, 0.5) is 5.69 Å². The molecular formula is C28H30N4O4. The molecule has 2 aromatic carbocycles. The summed E-state index contributed by atoms with van der Waals surface area (Å²) in [5, 5.41) is 19.0. The van der Waals surface area contributed by atoms with Gasteiger partial charge in [-0.3, -0.25) is 14.5 Å². The number of likely N-dealkylation sites (tertiary alicyclic amines) is 1. The number of rotatable bonds is 6. The molecule has 2 N–H and O–H groups in total. The number of piperidine rings is 1. The molecule has 186 valence electrons. The minimum Gasteiger partial charge on any atom is -0.506 e. The standard InChI is InChI=1S/C28H30N4O4/c1-19-8-10-20(11-9-19)23-17-24(26-7-4-16-36-26)32(30-23)27(34)18-31-14-12-21(13-15-31)28(35)29-22-5-2-3-6-25(22)33/h2-11,16,21,24,33H,12-15,17-18H2,1H3,(H,29,35). The molecule has 5 rings (SSSR count). The first-order chi connectivity index (χ1) is 17.5. The van der Waals surface area contributed by atoms with E-state index in [1.807, 2.05) is 43.3 Å². The highest BCUT2D eigenvalue weighted by atomic mass is 16.3. The van der Waals surface area contributed by atoms with Crippen LogP contribution in [0.3, 0.4) is 0 Å². The van der Waals surface area contributed by atoms with Crippen LogP contribution in [-0.4, -0.2) is 52.2 Å². The van der Waals surface area contributed by atoms with Gasteiger partial charge >= 0.3 is 0 Å². The number of benzene rings is 2. The number of hydrogen-bond donors (Lipinski definition) is 2. The fourth-order valence-corrected chi connectivity index (χ4v) is 4.79. The molecule has 1 atom stereocenters. The van der Waals surface area contributed by atoms with Crippen LogP contribution in [0.2, 0.25) is 0 Å². The van der Waals surface area contributed by atoms with Gasteiger partial charge in [-0.25, -0.2) is 5.01 Å². The molecule has 3 aromatic rings. The largest absolute Gasteiger partial charge is 0.506 e. The summed E-state index contributed by atoms with van der Waals surface area (Å²) >= 11 is 0. The molecule has 2 aliphatic rings. The van der Waals surface area contributed by atoms with E-state index in [2.05, 4.69) is 10.2 Å². The molecule has 0 saturated carbocycles. The number of nitrogens with one attached hydrogen (secondary N) is 1. The summed E-state index contributed by atoms with van der Waals surface area (Å²) in [7, 11) is 0. The normalized spacial score (nSPS) is 18.8. The van der Waals surface area contributed by atoms with E-state index in [1.54, 1.807) is 35.5 Å². The molecule has 36 heavy (non-hydrogen) atoms. The van der Waals surface area contributed by atoms with E-state index in [0.29, 0.717) is 43.8 Å². The Labute approximate surface area is 210 Å². The number of amides is 2. The molecule has 1 unspecified atom stereocenters. The van der Waals surface area contributed by atoms with Gasteiger partial charge < -0.3 is 14.8 Å². The van der Waals surface area contributed by atoms with Crippen LogP contribution in [0.25, 0.3) is 0 Å². The number of hydrogen-bond acceptors (Lipinski definition) is 6. The minimum absolute atomic E-state index is 0.0520. The number of phenols is 1. The monoisotopic (exact) mass is 486 g/mol. The zero-order valence-electron chi connectivity index (χ0n) is 20.3. The van der Waals surface area contributed by atoms with Gasteiger partial charge in [0.25, 0.3) is 5.91 Å². The third kappa shape index (κ3) is 5.18. The number of carbonyl (C=O) groups excluding carboxylic acids is 2. The third-order valence-electron chi connectivity index (χ3n) is 6.90. The number of furan rings is 1.